The lowest BCUT2D eigenvalue weighted by Crippen LogP contribution is -2.17. The number of carbonyl (C=O) groups excluding carboxylic acids is 1. The van der Waals surface area contributed by atoms with Crippen molar-refractivity contribution in [1.29, 1.82) is 0 Å². The minimum Gasteiger partial charge on any atom is -0.413 e. The van der Waals surface area contributed by atoms with Crippen LogP contribution in [0.5, 0.6) is 11.5 Å². The van der Waals surface area contributed by atoms with Gasteiger partial charge in [0.1, 0.15) is 11.5 Å². The van der Waals surface area contributed by atoms with Crippen LogP contribution in [0.25, 0.3) is 0 Å². The van der Waals surface area contributed by atoms with E-state index in [2.05, 4.69) is 5.32 Å². The standard InChI is InChI=1S/C25H18Cl2NO4P/c26-18-11-14-20(15-12-18)28-25(29)23-17-19(27)13-16-24(23)32-33(30,22-9-5-2-6-10-22)31-21-7-3-1-4-8-21/h1-17H,(H,28,29). The summed E-state index contributed by atoms with van der Waals surface area (Å²) >= 11 is 12.1. The maximum Gasteiger partial charge on any atom is 0.462 e. The number of benzene rings is 4. The minimum atomic E-state index is -3.93. The molecular formula is C25H18Cl2NO4P. The third kappa shape index (κ3) is 5.77. The highest BCUT2D eigenvalue weighted by Crippen LogP contribution is 2.48. The van der Waals surface area contributed by atoms with Crippen LogP contribution in [0.1, 0.15) is 10.4 Å². The summed E-state index contributed by atoms with van der Waals surface area (Å²) in [6, 6.07) is 28.4. The number of rotatable bonds is 7. The summed E-state index contributed by atoms with van der Waals surface area (Å²) in [5, 5.41) is 3.97. The van der Waals surface area contributed by atoms with Gasteiger partial charge in [0, 0.05) is 15.7 Å². The fraction of sp³-hybridized carbons (Fsp3) is 0. The van der Waals surface area contributed by atoms with E-state index >= 15 is 0 Å². The number of carbonyl (C=O) groups is 1. The molecule has 4 rings (SSSR count). The minimum absolute atomic E-state index is 0.0639. The molecule has 0 aliphatic rings. The van der Waals surface area contributed by atoms with Gasteiger partial charge in [-0.25, -0.2) is 4.57 Å². The van der Waals surface area contributed by atoms with Gasteiger partial charge in [-0.2, -0.15) is 0 Å². The van der Waals surface area contributed by atoms with Gasteiger partial charge in [-0.15, -0.1) is 0 Å². The number of amides is 1. The normalized spacial score (nSPS) is 12.4. The SMILES string of the molecule is O=C(Nc1ccc(Cl)cc1)c1cc(Cl)ccc1OP(=O)(Oc1ccccc1)c1ccccc1. The second kappa shape index (κ2) is 10.1. The van der Waals surface area contributed by atoms with Gasteiger partial charge in [0.25, 0.3) is 5.91 Å². The van der Waals surface area contributed by atoms with Crippen LogP contribution in [-0.4, -0.2) is 5.91 Å². The average Bonchev–Trinajstić information content (AvgIpc) is 2.83. The smallest absolute Gasteiger partial charge is 0.413 e. The highest BCUT2D eigenvalue weighted by atomic mass is 35.5. The molecule has 0 aromatic heterocycles. The molecule has 0 aliphatic carbocycles. The van der Waals surface area contributed by atoms with Crippen molar-refractivity contribution in [2.75, 3.05) is 5.32 Å². The molecule has 5 nitrogen and oxygen atoms in total. The van der Waals surface area contributed by atoms with E-state index in [1.807, 2.05) is 6.07 Å². The van der Waals surface area contributed by atoms with Crippen LogP contribution in [0.15, 0.2) is 103 Å². The molecule has 4 aromatic rings. The first kappa shape index (κ1) is 22.9. The Bertz CT molecular complexity index is 1300. The highest BCUT2D eigenvalue weighted by molar-refractivity contribution is 7.63. The summed E-state index contributed by atoms with van der Waals surface area (Å²) < 4.78 is 25.8. The fourth-order valence-corrected chi connectivity index (χ4v) is 4.88. The molecule has 4 aromatic carbocycles. The summed E-state index contributed by atoms with van der Waals surface area (Å²) in [7, 11) is -3.93. The van der Waals surface area contributed by atoms with Crippen LogP contribution in [0.4, 0.5) is 5.69 Å². The Balaban J connectivity index is 1.70. The van der Waals surface area contributed by atoms with Crippen LogP contribution in [-0.2, 0) is 4.57 Å². The van der Waals surface area contributed by atoms with E-state index in [1.54, 1.807) is 84.9 Å². The molecule has 1 amide bonds. The Morgan fingerprint density at radius 3 is 2.00 bits per heavy atom. The largest absolute Gasteiger partial charge is 0.462 e. The number of anilines is 1. The molecule has 0 heterocycles. The van der Waals surface area contributed by atoms with Crippen molar-refractivity contribution >= 4 is 47.7 Å². The second-order valence-corrected chi connectivity index (χ2v) is 9.68. The summed E-state index contributed by atoms with van der Waals surface area (Å²) in [5.41, 5.74) is 0.632. The van der Waals surface area contributed by atoms with Crippen LogP contribution in [0, 0.1) is 0 Å². The van der Waals surface area contributed by atoms with E-state index in [1.165, 1.54) is 12.1 Å². The van der Waals surface area contributed by atoms with E-state index in [-0.39, 0.29) is 11.3 Å². The van der Waals surface area contributed by atoms with Gasteiger partial charge in [0.15, 0.2) is 0 Å². The van der Waals surface area contributed by atoms with Crippen molar-refractivity contribution in [2.24, 2.45) is 0 Å². The molecule has 1 unspecified atom stereocenters. The van der Waals surface area contributed by atoms with E-state index < -0.39 is 13.5 Å². The van der Waals surface area contributed by atoms with E-state index in [9.17, 15) is 9.36 Å². The maximum absolute atomic E-state index is 14.0. The first-order valence-corrected chi connectivity index (χ1v) is 12.2. The van der Waals surface area contributed by atoms with Crippen LogP contribution in [0.3, 0.4) is 0 Å². The highest BCUT2D eigenvalue weighted by Gasteiger charge is 2.33. The van der Waals surface area contributed by atoms with Crippen molar-refractivity contribution in [3.05, 3.63) is 119 Å². The number of hydrogen-bond donors (Lipinski definition) is 1. The monoisotopic (exact) mass is 497 g/mol. The van der Waals surface area contributed by atoms with Crippen molar-refractivity contribution < 1.29 is 18.4 Å². The van der Waals surface area contributed by atoms with Gasteiger partial charge < -0.3 is 14.4 Å². The van der Waals surface area contributed by atoms with E-state index in [0.29, 0.717) is 26.8 Å². The Kier molecular flexibility index (Phi) is 7.05. The zero-order valence-corrected chi connectivity index (χ0v) is 19.6. The molecule has 8 heteroatoms. The molecule has 1 N–H and O–H groups in total. The van der Waals surface area contributed by atoms with Crippen LogP contribution < -0.4 is 19.7 Å². The van der Waals surface area contributed by atoms with Gasteiger partial charge in [-0.05, 0) is 66.7 Å². The zero-order chi connectivity index (χ0) is 23.3. The molecule has 166 valence electrons. The molecule has 1 atom stereocenters. The Morgan fingerprint density at radius 2 is 1.33 bits per heavy atom. The van der Waals surface area contributed by atoms with Crippen molar-refractivity contribution in [2.45, 2.75) is 0 Å². The number of hydrogen-bond acceptors (Lipinski definition) is 4. The summed E-state index contributed by atoms with van der Waals surface area (Å²) in [6.45, 7) is 0. The first-order valence-electron chi connectivity index (χ1n) is 9.89. The summed E-state index contributed by atoms with van der Waals surface area (Å²) in [4.78, 5) is 13.0. The first-order chi connectivity index (χ1) is 15.9. The molecule has 0 spiro atoms. The van der Waals surface area contributed by atoms with Crippen LogP contribution in [0.2, 0.25) is 10.0 Å². The predicted octanol–water partition coefficient (Wildman–Crippen LogP) is 7.22. The number of nitrogens with one attached hydrogen (secondary N) is 1. The molecule has 0 aliphatic heterocycles. The molecule has 0 radical (unpaired) electrons. The average molecular weight is 498 g/mol. The molecule has 0 saturated heterocycles. The quantitative estimate of drug-likeness (QED) is 0.273. The lowest BCUT2D eigenvalue weighted by molar-refractivity contribution is 0.102. The van der Waals surface area contributed by atoms with E-state index in [4.69, 9.17) is 32.2 Å². The number of para-hydroxylation sites is 1. The zero-order valence-electron chi connectivity index (χ0n) is 17.2. The molecule has 33 heavy (non-hydrogen) atoms. The molecule has 0 bridgehead atoms. The fourth-order valence-electron chi connectivity index (χ4n) is 2.98. The topological polar surface area (TPSA) is 64.6 Å². The third-order valence-electron chi connectivity index (χ3n) is 4.55. The van der Waals surface area contributed by atoms with Gasteiger partial charge in [0.2, 0.25) is 0 Å². The molecule has 0 saturated carbocycles. The van der Waals surface area contributed by atoms with Crippen molar-refractivity contribution in [1.82, 2.24) is 0 Å². The molecular weight excluding hydrogens is 480 g/mol. The number of halogens is 2. The lowest BCUT2D eigenvalue weighted by atomic mass is 10.2. The van der Waals surface area contributed by atoms with Gasteiger partial charge >= 0.3 is 7.60 Å². The third-order valence-corrected chi connectivity index (χ3v) is 6.85. The van der Waals surface area contributed by atoms with Crippen molar-refractivity contribution in [3.63, 3.8) is 0 Å². The Morgan fingerprint density at radius 1 is 0.727 bits per heavy atom. The Hall–Kier alpha value is -3.24. The Labute approximate surface area is 201 Å². The predicted molar refractivity (Wildman–Crippen MR) is 132 cm³/mol. The van der Waals surface area contributed by atoms with Gasteiger partial charge in [-0.3, -0.25) is 4.79 Å². The van der Waals surface area contributed by atoms with Crippen LogP contribution >= 0.6 is 30.8 Å². The van der Waals surface area contributed by atoms with E-state index in [0.717, 1.165) is 0 Å². The second-order valence-electron chi connectivity index (χ2n) is 6.93. The maximum atomic E-state index is 14.0. The van der Waals surface area contributed by atoms with Gasteiger partial charge in [-0.1, -0.05) is 59.6 Å². The lowest BCUT2D eigenvalue weighted by Gasteiger charge is -2.21. The summed E-state index contributed by atoms with van der Waals surface area (Å²) in [5.74, 6) is -0.0612. The van der Waals surface area contributed by atoms with Gasteiger partial charge in [0.05, 0.1) is 10.9 Å². The summed E-state index contributed by atoms with van der Waals surface area (Å²) in [6.07, 6.45) is 0. The molecule has 0 fully saturated rings. The van der Waals surface area contributed by atoms with Crippen molar-refractivity contribution in [3.8, 4) is 11.5 Å².